The van der Waals surface area contributed by atoms with Crippen molar-refractivity contribution in [3.63, 3.8) is 0 Å². The second-order valence-electron chi connectivity index (χ2n) is 7.96. The fourth-order valence-corrected chi connectivity index (χ4v) is 3.98. The number of aromatic nitrogens is 3. The first-order valence-electron chi connectivity index (χ1n) is 11.5. The number of likely N-dealkylation sites (N-methyl/N-ethyl adjacent to an activating group) is 1. The largest absolute Gasteiger partial charge is 0.497 e. The third-order valence-corrected chi connectivity index (χ3v) is 5.86. The van der Waals surface area contributed by atoms with Crippen LogP contribution in [0.4, 0.5) is 0 Å². The highest BCUT2D eigenvalue weighted by Gasteiger charge is 2.23. The van der Waals surface area contributed by atoms with Crippen molar-refractivity contribution in [1.29, 1.82) is 0 Å². The average molecular weight is 473 g/mol. The molecule has 2 heterocycles. The summed E-state index contributed by atoms with van der Waals surface area (Å²) in [5.74, 6) is -0.112. The summed E-state index contributed by atoms with van der Waals surface area (Å²) in [6.45, 7) is 6.38. The lowest BCUT2D eigenvalue weighted by Gasteiger charge is -2.18. The lowest BCUT2D eigenvalue weighted by atomic mass is 10.1. The van der Waals surface area contributed by atoms with Gasteiger partial charge >= 0.3 is 5.97 Å². The van der Waals surface area contributed by atoms with Crippen molar-refractivity contribution in [2.45, 2.75) is 20.8 Å². The first-order valence-corrected chi connectivity index (χ1v) is 11.5. The molecule has 2 aromatic heterocycles. The molecule has 35 heavy (non-hydrogen) atoms. The number of carbonyl (C=O) groups excluding carboxylic acids is 2. The molecule has 8 nitrogen and oxygen atoms in total. The van der Waals surface area contributed by atoms with Gasteiger partial charge < -0.3 is 14.4 Å². The van der Waals surface area contributed by atoms with Gasteiger partial charge in [-0.15, -0.1) is 0 Å². The van der Waals surface area contributed by atoms with Crippen molar-refractivity contribution in [2.75, 3.05) is 26.8 Å². The molecule has 0 aliphatic heterocycles. The molecule has 2 aromatic carbocycles. The predicted molar refractivity (Wildman–Crippen MR) is 134 cm³/mol. The van der Waals surface area contributed by atoms with Gasteiger partial charge in [0.15, 0.2) is 12.3 Å². The minimum Gasteiger partial charge on any atom is -0.497 e. The standard InChI is InChI=1S/C27H28N4O4/c1-5-30(6-2)24(32)17-35-27(33)22-16-23(19-12-14-21(34-4)15-13-19)28-26-25(22)18(3)29-31(26)20-10-8-7-9-11-20/h7-16H,5-6,17H2,1-4H3. The molecule has 0 saturated heterocycles. The fourth-order valence-electron chi connectivity index (χ4n) is 3.98. The van der Waals surface area contributed by atoms with Crippen molar-refractivity contribution in [1.82, 2.24) is 19.7 Å². The van der Waals surface area contributed by atoms with Crippen LogP contribution < -0.4 is 4.74 Å². The Morgan fingerprint density at radius 3 is 2.31 bits per heavy atom. The van der Waals surface area contributed by atoms with Crippen molar-refractivity contribution in [2.24, 2.45) is 0 Å². The Kier molecular flexibility index (Phi) is 7.10. The van der Waals surface area contributed by atoms with Gasteiger partial charge in [-0.2, -0.15) is 5.10 Å². The molecule has 0 bridgehead atoms. The van der Waals surface area contributed by atoms with Gasteiger partial charge in [0.25, 0.3) is 5.91 Å². The molecule has 0 aliphatic rings. The van der Waals surface area contributed by atoms with Crippen LogP contribution in [-0.4, -0.2) is 58.3 Å². The Morgan fingerprint density at radius 2 is 1.69 bits per heavy atom. The molecule has 0 fully saturated rings. The molecule has 0 radical (unpaired) electrons. The van der Waals surface area contributed by atoms with E-state index in [0.717, 1.165) is 17.0 Å². The number of carbonyl (C=O) groups is 2. The van der Waals surface area contributed by atoms with Gasteiger partial charge in [-0.25, -0.2) is 14.5 Å². The Morgan fingerprint density at radius 1 is 1.00 bits per heavy atom. The molecule has 4 aromatic rings. The number of ether oxygens (including phenoxy) is 2. The van der Waals surface area contributed by atoms with E-state index in [1.807, 2.05) is 75.4 Å². The summed E-state index contributed by atoms with van der Waals surface area (Å²) >= 11 is 0. The second-order valence-corrected chi connectivity index (χ2v) is 7.96. The predicted octanol–water partition coefficient (Wildman–Crippen LogP) is 4.43. The van der Waals surface area contributed by atoms with Gasteiger partial charge in [0.1, 0.15) is 5.75 Å². The summed E-state index contributed by atoms with van der Waals surface area (Å²) in [6, 6.07) is 18.7. The smallest absolute Gasteiger partial charge is 0.339 e. The number of amides is 1. The van der Waals surface area contributed by atoms with Crippen LogP contribution in [0, 0.1) is 6.92 Å². The van der Waals surface area contributed by atoms with Gasteiger partial charge in [0, 0.05) is 18.7 Å². The molecule has 0 unspecified atom stereocenters. The average Bonchev–Trinajstić information content (AvgIpc) is 3.24. The van der Waals surface area contributed by atoms with Crippen LogP contribution >= 0.6 is 0 Å². The van der Waals surface area contributed by atoms with Gasteiger partial charge in [-0.3, -0.25) is 4.79 Å². The van der Waals surface area contributed by atoms with Gasteiger partial charge in [-0.05, 0) is 63.2 Å². The van der Waals surface area contributed by atoms with Gasteiger partial charge in [0.05, 0.1) is 35.1 Å². The lowest BCUT2D eigenvalue weighted by Crippen LogP contribution is -2.34. The highest BCUT2D eigenvalue weighted by molar-refractivity contribution is 6.05. The number of para-hydroxylation sites is 1. The zero-order chi connectivity index (χ0) is 24.9. The number of fused-ring (bicyclic) bond motifs is 1. The van der Waals surface area contributed by atoms with Gasteiger partial charge in [-0.1, -0.05) is 18.2 Å². The number of pyridine rings is 1. The molecule has 0 N–H and O–H groups in total. The number of hydrogen-bond acceptors (Lipinski definition) is 6. The van der Waals surface area contributed by atoms with E-state index in [0.29, 0.717) is 41.1 Å². The summed E-state index contributed by atoms with van der Waals surface area (Å²) in [4.78, 5) is 32.2. The van der Waals surface area contributed by atoms with Crippen LogP contribution in [0.1, 0.15) is 29.9 Å². The maximum Gasteiger partial charge on any atom is 0.339 e. The minimum absolute atomic E-state index is 0.235. The maximum atomic E-state index is 13.3. The quantitative estimate of drug-likeness (QED) is 0.353. The first kappa shape index (κ1) is 23.9. The van der Waals surface area contributed by atoms with Crippen LogP contribution in [0.3, 0.4) is 0 Å². The number of hydrogen-bond donors (Lipinski definition) is 0. The van der Waals surface area contributed by atoms with Crippen LogP contribution in [0.2, 0.25) is 0 Å². The summed E-state index contributed by atoms with van der Waals surface area (Å²) in [5.41, 5.74) is 3.69. The van der Waals surface area contributed by atoms with E-state index in [9.17, 15) is 9.59 Å². The second kappa shape index (κ2) is 10.4. The summed E-state index contributed by atoms with van der Waals surface area (Å²) < 4.78 is 12.4. The van der Waals surface area contributed by atoms with E-state index < -0.39 is 5.97 Å². The Labute approximate surface area is 204 Å². The van der Waals surface area contributed by atoms with E-state index in [2.05, 4.69) is 5.10 Å². The number of aryl methyl sites for hydroxylation is 1. The molecule has 180 valence electrons. The van der Waals surface area contributed by atoms with Crippen LogP contribution in [0.15, 0.2) is 60.7 Å². The topological polar surface area (TPSA) is 86.6 Å². The number of benzene rings is 2. The molecule has 0 spiro atoms. The number of methoxy groups -OCH3 is 1. The molecule has 0 saturated carbocycles. The van der Waals surface area contributed by atoms with Crippen molar-refractivity contribution < 1.29 is 19.1 Å². The molecule has 4 rings (SSSR count). The molecule has 0 atom stereocenters. The van der Waals surface area contributed by atoms with Crippen LogP contribution in [0.25, 0.3) is 28.0 Å². The Bertz CT molecular complexity index is 1340. The normalized spacial score (nSPS) is 10.9. The first-order chi connectivity index (χ1) is 17.0. The highest BCUT2D eigenvalue weighted by Crippen LogP contribution is 2.30. The highest BCUT2D eigenvalue weighted by atomic mass is 16.5. The monoisotopic (exact) mass is 472 g/mol. The minimum atomic E-state index is -0.594. The van der Waals surface area contributed by atoms with Crippen molar-refractivity contribution >= 4 is 22.9 Å². The van der Waals surface area contributed by atoms with Crippen LogP contribution in [-0.2, 0) is 9.53 Å². The Hall–Kier alpha value is -4.20. The SMILES string of the molecule is CCN(CC)C(=O)COC(=O)c1cc(-c2ccc(OC)cc2)nc2c1c(C)nn2-c1ccccc1. The van der Waals surface area contributed by atoms with Crippen molar-refractivity contribution in [3.05, 3.63) is 71.9 Å². The zero-order valence-electron chi connectivity index (χ0n) is 20.3. The lowest BCUT2D eigenvalue weighted by molar-refractivity contribution is -0.134. The van der Waals surface area contributed by atoms with E-state index in [4.69, 9.17) is 14.5 Å². The molecular formula is C27H28N4O4. The number of nitrogens with zero attached hydrogens (tertiary/aromatic N) is 4. The van der Waals surface area contributed by atoms with E-state index in [1.165, 1.54) is 0 Å². The van der Waals surface area contributed by atoms with Crippen molar-refractivity contribution in [3.8, 4) is 22.7 Å². The fraction of sp³-hybridized carbons (Fsp3) is 0.259. The summed E-state index contributed by atoms with van der Waals surface area (Å²) in [7, 11) is 1.61. The number of rotatable bonds is 8. The maximum absolute atomic E-state index is 13.3. The molecule has 8 heteroatoms. The molecular weight excluding hydrogens is 444 g/mol. The zero-order valence-corrected chi connectivity index (χ0v) is 20.3. The third kappa shape index (κ3) is 4.87. The molecule has 1 amide bonds. The number of esters is 1. The summed E-state index contributed by atoms with van der Waals surface area (Å²) in [6.07, 6.45) is 0. The van der Waals surface area contributed by atoms with E-state index in [1.54, 1.807) is 22.8 Å². The Balaban J connectivity index is 1.82. The third-order valence-electron chi connectivity index (χ3n) is 5.86. The van der Waals surface area contributed by atoms with Crippen LogP contribution in [0.5, 0.6) is 5.75 Å². The van der Waals surface area contributed by atoms with Gasteiger partial charge in [0.2, 0.25) is 0 Å². The molecule has 0 aliphatic carbocycles. The summed E-state index contributed by atoms with van der Waals surface area (Å²) in [5, 5.41) is 5.26. The van der Waals surface area contributed by atoms with E-state index in [-0.39, 0.29) is 12.5 Å². The van der Waals surface area contributed by atoms with E-state index >= 15 is 0 Å².